The summed E-state index contributed by atoms with van der Waals surface area (Å²) in [7, 11) is 1.58. The van der Waals surface area contributed by atoms with Gasteiger partial charge in [-0.2, -0.15) is 5.10 Å². The van der Waals surface area contributed by atoms with E-state index in [1.807, 2.05) is 46.8 Å². The molecule has 0 spiro atoms. The van der Waals surface area contributed by atoms with Gasteiger partial charge in [-0.05, 0) is 42.3 Å². The Bertz CT molecular complexity index is 1250. The molecule has 0 radical (unpaired) electrons. The summed E-state index contributed by atoms with van der Waals surface area (Å²) < 4.78 is 33.7. The summed E-state index contributed by atoms with van der Waals surface area (Å²) in [5.41, 5.74) is 1.31. The van der Waals surface area contributed by atoms with Gasteiger partial charge in [0.15, 0.2) is 11.6 Å². The molecule has 0 aliphatic heterocycles. The number of urea groups is 1. The third kappa shape index (κ3) is 7.28. The molecule has 37 heavy (non-hydrogen) atoms. The number of ether oxygens (including phenoxy) is 1. The molecular formula is C27H33F2N5O3. The first-order chi connectivity index (χ1) is 17.4. The van der Waals surface area contributed by atoms with Crippen LogP contribution in [0.4, 0.5) is 25.1 Å². The number of carbonyl (C=O) groups excluding carboxylic acids is 2. The highest BCUT2D eigenvalue weighted by atomic mass is 19.2. The molecule has 0 saturated heterocycles. The predicted molar refractivity (Wildman–Crippen MR) is 139 cm³/mol. The second kappa shape index (κ2) is 11.4. The number of carbonyl (C=O) groups is 2. The number of rotatable bonds is 8. The Balaban J connectivity index is 1.82. The summed E-state index contributed by atoms with van der Waals surface area (Å²) in [4.78, 5) is 27.3. The lowest BCUT2D eigenvalue weighted by Crippen LogP contribution is -2.42. The van der Waals surface area contributed by atoms with Gasteiger partial charge in [0.1, 0.15) is 18.1 Å². The number of amides is 3. The van der Waals surface area contributed by atoms with E-state index in [0.717, 1.165) is 23.5 Å². The van der Waals surface area contributed by atoms with Gasteiger partial charge in [0, 0.05) is 29.8 Å². The summed E-state index contributed by atoms with van der Waals surface area (Å²) in [5.74, 6) is -1.33. The average Bonchev–Trinajstić information content (AvgIpc) is 3.25. The highest BCUT2D eigenvalue weighted by Gasteiger charge is 2.24. The van der Waals surface area contributed by atoms with Crippen LogP contribution in [0.15, 0.2) is 48.5 Å². The fraction of sp³-hybridized carbons (Fsp3) is 0.370. The number of anilines is 2. The number of hydrogen-bond donors (Lipinski definition) is 2. The van der Waals surface area contributed by atoms with Crippen molar-refractivity contribution in [2.24, 2.45) is 5.92 Å². The topological polar surface area (TPSA) is 88.5 Å². The van der Waals surface area contributed by atoms with Crippen molar-refractivity contribution in [1.29, 1.82) is 0 Å². The molecule has 8 nitrogen and oxygen atoms in total. The number of benzene rings is 2. The lowest BCUT2D eigenvalue weighted by molar-refractivity contribution is -0.116. The van der Waals surface area contributed by atoms with E-state index >= 15 is 0 Å². The van der Waals surface area contributed by atoms with Gasteiger partial charge >= 0.3 is 6.03 Å². The first-order valence-electron chi connectivity index (χ1n) is 11.9. The Labute approximate surface area is 215 Å². The van der Waals surface area contributed by atoms with Crippen LogP contribution in [-0.2, 0) is 10.2 Å². The van der Waals surface area contributed by atoms with Crippen molar-refractivity contribution < 1.29 is 23.1 Å². The van der Waals surface area contributed by atoms with Crippen molar-refractivity contribution in [2.75, 3.05) is 30.8 Å². The van der Waals surface area contributed by atoms with Crippen LogP contribution in [0.2, 0.25) is 0 Å². The Hall–Kier alpha value is -3.95. The quantitative estimate of drug-likeness (QED) is 0.411. The summed E-state index contributed by atoms with van der Waals surface area (Å²) in [6.07, 6.45) is 0. The number of methoxy groups -OCH3 is 1. The molecule has 0 aliphatic rings. The smallest absolute Gasteiger partial charge is 0.322 e. The fourth-order valence-corrected chi connectivity index (χ4v) is 3.55. The van der Waals surface area contributed by atoms with E-state index in [0.29, 0.717) is 11.6 Å². The molecule has 0 atom stereocenters. The SMILES string of the molecule is COc1ccc(-n2nc(C(C)(C)C)cc2NC(=O)CN(CC(C)C)C(=O)Nc2ccc(F)c(F)c2)cc1. The lowest BCUT2D eigenvalue weighted by atomic mass is 9.92. The molecule has 2 N–H and O–H groups in total. The molecule has 198 valence electrons. The van der Waals surface area contributed by atoms with Crippen LogP contribution in [0.3, 0.4) is 0 Å². The molecule has 1 aromatic heterocycles. The molecule has 0 bridgehead atoms. The van der Waals surface area contributed by atoms with Gasteiger partial charge in [0.05, 0.1) is 18.5 Å². The summed E-state index contributed by atoms with van der Waals surface area (Å²) in [6.45, 7) is 9.89. The third-order valence-corrected chi connectivity index (χ3v) is 5.44. The predicted octanol–water partition coefficient (Wildman–Crippen LogP) is 5.59. The maximum absolute atomic E-state index is 13.6. The van der Waals surface area contributed by atoms with Gasteiger partial charge in [-0.15, -0.1) is 0 Å². The number of nitrogens with one attached hydrogen (secondary N) is 2. The van der Waals surface area contributed by atoms with Gasteiger partial charge in [0.25, 0.3) is 0 Å². The van der Waals surface area contributed by atoms with Gasteiger partial charge in [0.2, 0.25) is 5.91 Å². The molecule has 3 rings (SSSR count). The molecule has 0 fully saturated rings. The van der Waals surface area contributed by atoms with Gasteiger partial charge in [-0.1, -0.05) is 34.6 Å². The minimum Gasteiger partial charge on any atom is -0.497 e. The molecule has 3 amide bonds. The highest BCUT2D eigenvalue weighted by Crippen LogP contribution is 2.27. The first-order valence-corrected chi connectivity index (χ1v) is 11.9. The van der Waals surface area contributed by atoms with Gasteiger partial charge in [-0.3, -0.25) is 4.79 Å². The lowest BCUT2D eigenvalue weighted by Gasteiger charge is -2.24. The molecule has 0 unspecified atom stereocenters. The van der Waals surface area contributed by atoms with E-state index < -0.39 is 23.6 Å². The average molecular weight is 514 g/mol. The zero-order valence-electron chi connectivity index (χ0n) is 21.9. The maximum atomic E-state index is 13.6. The minimum atomic E-state index is -1.08. The van der Waals surface area contributed by atoms with Crippen LogP contribution in [-0.4, -0.2) is 46.8 Å². The molecule has 0 aliphatic carbocycles. The van der Waals surface area contributed by atoms with Crippen LogP contribution in [0, 0.1) is 17.6 Å². The number of hydrogen-bond acceptors (Lipinski definition) is 4. The number of halogens is 2. The Morgan fingerprint density at radius 3 is 2.27 bits per heavy atom. The zero-order chi connectivity index (χ0) is 27.3. The largest absolute Gasteiger partial charge is 0.497 e. The van der Waals surface area contributed by atoms with Crippen LogP contribution < -0.4 is 15.4 Å². The van der Waals surface area contributed by atoms with Crippen LogP contribution in [0.5, 0.6) is 5.75 Å². The van der Waals surface area contributed by atoms with Crippen molar-refractivity contribution in [2.45, 2.75) is 40.0 Å². The van der Waals surface area contributed by atoms with Crippen molar-refractivity contribution in [3.8, 4) is 11.4 Å². The fourth-order valence-electron chi connectivity index (χ4n) is 3.55. The van der Waals surface area contributed by atoms with E-state index in [9.17, 15) is 18.4 Å². The van der Waals surface area contributed by atoms with Crippen LogP contribution in [0.1, 0.15) is 40.3 Å². The highest BCUT2D eigenvalue weighted by molar-refractivity contribution is 5.96. The molecule has 2 aromatic carbocycles. The van der Waals surface area contributed by atoms with Crippen molar-refractivity contribution in [3.63, 3.8) is 0 Å². The number of nitrogens with zero attached hydrogens (tertiary/aromatic N) is 3. The Morgan fingerprint density at radius 1 is 1.03 bits per heavy atom. The van der Waals surface area contributed by atoms with E-state index in [1.54, 1.807) is 30.0 Å². The first kappa shape index (κ1) is 27.6. The standard InChI is InChI=1S/C27H33F2N5O3/c1-17(2)15-33(26(36)30-18-7-12-21(28)22(29)13-18)16-25(35)31-24-14-23(27(3,4)5)32-34(24)19-8-10-20(37-6)11-9-19/h7-14,17H,15-16H2,1-6H3,(H,30,36)(H,31,35). The third-order valence-electron chi connectivity index (χ3n) is 5.44. The molecule has 1 heterocycles. The summed E-state index contributed by atoms with van der Waals surface area (Å²) in [6, 6.07) is 11.5. The second-order valence-corrected chi connectivity index (χ2v) is 10.2. The Morgan fingerprint density at radius 2 is 1.70 bits per heavy atom. The van der Waals surface area contributed by atoms with Crippen molar-refractivity contribution in [1.82, 2.24) is 14.7 Å². The molecule has 3 aromatic rings. The minimum absolute atomic E-state index is 0.0563. The van der Waals surface area contributed by atoms with E-state index in [2.05, 4.69) is 10.6 Å². The monoisotopic (exact) mass is 513 g/mol. The maximum Gasteiger partial charge on any atom is 0.322 e. The molecule has 0 saturated carbocycles. The van der Waals surface area contributed by atoms with Crippen molar-refractivity contribution in [3.05, 3.63) is 65.9 Å². The summed E-state index contributed by atoms with van der Waals surface area (Å²) >= 11 is 0. The zero-order valence-corrected chi connectivity index (χ0v) is 21.9. The van der Waals surface area contributed by atoms with Crippen LogP contribution >= 0.6 is 0 Å². The molecule has 10 heteroatoms. The van der Waals surface area contributed by atoms with Gasteiger partial charge < -0.3 is 20.3 Å². The van der Waals surface area contributed by atoms with Gasteiger partial charge in [-0.25, -0.2) is 18.3 Å². The van der Waals surface area contributed by atoms with Crippen LogP contribution in [0.25, 0.3) is 5.69 Å². The summed E-state index contributed by atoms with van der Waals surface area (Å²) in [5, 5.41) is 10.1. The molecular weight excluding hydrogens is 480 g/mol. The number of aromatic nitrogens is 2. The van der Waals surface area contributed by atoms with E-state index in [4.69, 9.17) is 9.84 Å². The normalized spacial score (nSPS) is 11.4. The van der Waals surface area contributed by atoms with E-state index in [-0.39, 0.29) is 30.1 Å². The second-order valence-electron chi connectivity index (χ2n) is 10.2. The Kier molecular flexibility index (Phi) is 8.52. The van der Waals surface area contributed by atoms with Crippen molar-refractivity contribution >= 4 is 23.4 Å². The van der Waals surface area contributed by atoms with E-state index in [1.165, 1.54) is 11.0 Å².